The second kappa shape index (κ2) is 4.86. The molecule has 0 heterocycles. The van der Waals surface area contributed by atoms with Gasteiger partial charge < -0.3 is 14.6 Å². The molecule has 0 fully saturated rings. The molecule has 0 atom stereocenters. The fourth-order valence-corrected chi connectivity index (χ4v) is 1.77. The van der Waals surface area contributed by atoms with E-state index >= 15 is 0 Å². The number of Topliss-reactive ketones (excluding diaryl/α,β-unsaturated/α-hetero) is 1. The van der Waals surface area contributed by atoms with Crippen LogP contribution >= 0.6 is 0 Å². The van der Waals surface area contributed by atoms with Crippen LogP contribution in [0.25, 0.3) is 0 Å². The lowest BCUT2D eigenvalue weighted by molar-refractivity contribution is -0.131. The van der Waals surface area contributed by atoms with Crippen molar-refractivity contribution < 1.29 is 24.2 Å². The lowest BCUT2D eigenvalue weighted by Gasteiger charge is -2.15. The molecule has 5 nitrogen and oxygen atoms in total. The topological polar surface area (TPSA) is 72.8 Å². The summed E-state index contributed by atoms with van der Waals surface area (Å²) in [7, 11) is 2.81. The lowest BCUT2D eigenvalue weighted by atomic mass is 9.99. The van der Waals surface area contributed by atoms with Crippen molar-refractivity contribution >= 4 is 11.8 Å². The van der Waals surface area contributed by atoms with Crippen LogP contribution in [0.4, 0.5) is 0 Å². The molecule has 92 valence electrons. The van der Waals surface area contributed by atoms with Gasteiger partial charge in [-0.2, -0.15) is 0 Å². The van der Waals surface area contributed by atoms with E-state index in [-0.39, 0.29) is 11.3 Å². The molecule has 0 aromatic heterocycles. The molecule has 0 radical (unpaired) electrons. The number of carboxylic acids is 1. The average molecular weight is 238 g/mol. The van der Waals surface area contributed by atoms with Crippen LogP contribution in [0.5, 0.6) is 11.5 Å². The number of hydrogen-bond acceptors (Lipinski definition) is 4. The minimum atomic E-state index is -1.52. The van der Waals surface area contributed by atoms with E-state index in [1.54, 1.807) is 19.9 Å². The van der Waals surface area contributed by atoms with Crippen LogP contribution in [0.15, 0.2) is 6.07 Å². The number of carbonyl (C=O) groups excluding carboxylic acids is 1. The van der Waals surface area contributed by atoms with Gasteiger partial charge in [0.2, 0.25) is 0 Å². The third-order valence-electron chi connectivity index (χ3n) is 2.45. The highest BCUT2D eigenvalue weighted by atomic mass is 16.5. The SMILES string of the molecule is COc1c(C)cc(C)c(C(=O)C(=O)O)c1OC. The molecule has 1 rings (SSSR count). The average Bonchev–Trinajstić information content (AvgIpc) is 2.27. The number of hydrogen-bond donors (Lipinski definition) is 1. The molecule has 0 amide bonds. The zero-order valence-corrected chi connectivity index (χ0v) is 10.2. The van der Waals surface area contributed by atoms with Gasteiger partial charge in [-0.05, 0) is 25.0 Å². The van der Waals surface area contributed by atoms with E-state index in [1.807, 2.05) is 0 Å². The van der Waals surface area contributed by atoms with Gasteiger partial charge in [-0.1, -0.05) is 6.07 Å². The van der Waals surface area contributed by atoms with Crippen molar-refractivity contribution in [2.75, 3.05) is 14.2 Å². The number of rotatable bonds is 4. The second-order valence-corrected chi connectivity index (χ2v) is 3.59. The summed E-state index contributed by atoms with van der Waals surface area (Å²) in [6.07, 6.45) is 0. The molecule has 0 unspecified atom stereocenters. The third kappa shape index (κ3) is 2.22. The molecule has 1 aromatic carbocycles. The lowest BCUT2D eigenvalue weighted by Crippen LogP contribution is -2.16. The summed E-state index contributed by atoms with van der Waals surface area (Å²) in [5, 5.41) is 8.77. The molecule has 0 aliphatic heterocycles. The maximum Gasteiger partial charge on any atom is 0.377 e. The molecule has 0 spiro atoms. The number of ketones is 1. The molecule has 5 heteroatoms. The number of carboxylic acid groups (broad SMARTS) is 1. The van der Waals surface area contributed by atoms with E-state index in [2.05, 4.69) is 0 Å². The molecule has 0 aliphatic carbocycles. The van der Waals surface area contributed by atoms with Crippen LogP contribution in [-0.2, 0) is 4.79 Å². The maximum absolute atomic E-state index is 11.6. The summed E-state index contributed by atoms with van der Waals surface area (Å²) in [5.74, 6) is -1.98. The van der Waals surface area contributed by atoms with Gasteiger partial charge in [0, 0.05) is 0 Å². The molecule has 0 bridgehead atoms. The van der Waals surface area contributed by atoms with E-state index in [0.29, 0.717) is 11.3 Å². The van der Waals surface area contributed by atoms with Crippen molar-refractivity contribution in [3.63, 3.8) is 0 Å². The molecular weight excluding hydrogens is 224 g/mol. The van der Waals surface area contributed by atoms with Crippen molar-refractivity contribution in [1.82, 2.24) is 0 Å². The van der Waals surface area contributed by atoms with Gasteiger partial charge in [0.15, 0.2) is 11.5 Å². The molecule has 0 aliphatic rings. The molecule has 0 saturated heterocycles. The highest BCUT2D eigenvalue weighted by molar-refractivity contribution is 6.41. The Bertz CT molecular complexity index is 476. The number of methoxy groups -OCH3 is 2. The summed E-state index contributed by atoms with van der Waals surface area (Å²) in [4.78, 5) is 22.3. The summed E-state index contributed by atoms with van der Waals surface area (Å²) in [5.41, 5.74) is 1.36. The highest BCUT2D eigenvalue weighted by Crippen LogP contribution is 2.36. The largest absolute Gasteiger partial charge is 0.493 e. The normalized spacial score (nSPS) is 9.88. The van der Waals surface area contributed by atoms with E-state index in [9.17, 15) is 9.59 Å². The zero-order chi connectivity index (χ0) is 13.2. The van der Waals surface area contributed by atoms with Crippen molar-refractivity contribution in [3.8, 4) is 11.5 Å². The van der Waals surface area contributed by atoms with Gasteiger partial charge in [-0.15, -0.1) is 0 Å². The molecule has 1 aromatic rings. The predicted octanol–water partition coefficient (Wildman–Crippen LogP) is 1.59. The first-order valence-corrected chi connectivity index (χ1v) is 4.93. The van der Waals surface area contributed by atoms with Crippen molar-refractivity contribution in [2.45, 2.75) is 13.8 Å². The predicted molar refractivity (Wildman–Crippen MR) is 61.0 cm³/mol. The van der Waals surface area contributed by atoms with E-state index in [4.69, 9.17) is 14.6 Å². The first kappa shape index (κ1) is 13.0. The van der Waals surface area contributed by atoms with Gasteiger partial charge in [-0.25, -0.2) is 4.79 Å². The first-order chi connectivity index (χ1) is 7.93. The molecule has 1 N–H and O–H groups in total. The van der Waals surface area contributed by atoms with Crippen LogP contribution < -0.4 is 9.47 Å². The quantitative estimate of drug-likeness (QED) is 0.637. The fraction of sp³-hybridized carbons (Fsp3) is 0.333. The Labute approximate surface area is 99.0 Å². The Balaban J connectivity index is 3.58. The minimum absolute atomic E-state index is 0.0300. The van der Waals surface area contributed by atoms with Gasteiger partial charge in [0.25, 0.3) is 5.78 Å². The van der Waals surface area contributed by atoms with Gasteiger partial charge in [0.1, 0.15) is 0 Å². The van der Waals surface area contributed by atoms with E-state index in [0.717, 1.165) is 5.56 Å². The summed E-state index contributed by atoms with van der Waals surface area (Å²) < 4.78 is 10.2. The summed E-state index contributed by atoms with van der Waals surface area (Å²) >= 11 is 0. The fourth-order valence-electron chi connectivity index (χ4n) is 1.77. The maximum atomic E-state index is 11.6. The summed E-state index contributed by atoms with van der Waals surface area (Å²) in [6.45, 7) is 3.45. The van der Waals surface area contributed by atoms with Crippen LogP contribution in [0, 0.1) is 13.8 Å². The number of aliphatic carboxylic acids is 1. The molecular formula is C12H14O5. The van der Waals surface area contributed by atoms with E-state index < -0.39 is 11.8 Å². The van der Waals surface area contributed by atoms with Crippen molar-refractivity contribution in [1.29, 1.82) is 0 Å². The van der Waals surface area contributed by atoms with Crippen molar-refractivity contribution in [3.05, 3.63) is 22.8 Å². The zero-order valence-electron chi connectivity index (χ0n) is 10.2. The van der Waals surface area contributed by atoms with Gasteiger partial charge in [-0.3, -0.25) is 4.79 Å². The summed E-state index contributed by atoms with van der Waals surface area (Å²) in [6, 6.07) is 1.69. The van der Waals surface area contributed by atoms with Gasteiger partial charge >= 0.3 is 5.97 Å². The first-order valence-electron chi connectivity index (χ1n) is 4.93. The smallest absolute Gasteiger partial charge is 0.377 e. The number of carbonyl (C=O) groups is 2. The third-order valence-corrected chi connectivity index (χ3v) is 2.45. The standard InChI is InChI=1S/C12H14O5/c1-6-5-7(2)10(16-3)11(17-4)8(6)9(13)12(14)15/h5H,1-4H3,(H,14,15). The van der Waals surface area contributed by atoms with Crippen LogP contribution in [-0.4, -0.2) is 31.1 Å². The Kier molecular flexibility index (Phi) is 3.73. The minimum Gasteiger partial charge on any atom is -0.493 e. The highest BCUT2D eigenvalue weighted by Gasteiger charge is 2.25. The second-order valence-electron chi connectivity index (χ2n) is 3.59. The number of benzene rings is 1. The number of ether oxygens (including phenoxy) is 2. The van der Waals surface area contributed by atoms with Crippen molar-refractivity contribution in [2.24, 2.45) is 0 Å². The van der Waals surface area contributed by atoms with E-state index in [1.165, 1.54) is 14.2 Å². The van der Waals surface area contributed by atoms with Crippen LogP contribution in [0.3, 0.4) is 0 Å². The Hall–Kier alpha value is -2.04. The Morgan fingerprint density at radius 1 is 1.06 bits per heavy atom. The Morgan fingerprint density at radius 2 is 1.59 bits per heavy atom. The molecule has 17 heavy (non-hydrogen) atoms. The number of aryl methyl sites for hydroxylation is 2. The molecule has 0 saturated carbocycles. The van der Waals surface area contributed by atoms with Crippen LogP contribution in [0.1, 0.15) is 21.5 Å². The van der Waals surface area contributed by atoms with Crippen LogP contribution in [0.2, 0.25) is 0 Å². The monoisotopic (exact) mass is 238 g/mol. The van der Waals surface area contributed by atoms with Gasteiger partial charge in [0.05, 0.1) is 19.8 Å². The Morgan fingerprint density at radius 3 is 2.00 bits per heavy atom.